The third kappa shape index (κ3) is 5.27. The lowest BCUT2D eigenvalue weighted by atomic mass is 10.0. The number of hydrogen-bond acceptors (Lipinski definition) is 4. The number of nitro groups is 1. The number of hydrogen-bond donors (Lipinski definition) is 1. The Labute approximate surface area is 156 Å². The van der Waals surface area contributed by atoms with Gasteiger partial charge in [-0.1, -0.05) is 30.3 Å². The number of nitrogens with one attached hydrogen (secondary N) is 1. The predicted octanol–water partition coefficient (Wildman–Crippen LogP) is 3.91. The number of anilines is 1. The molecule has 1 unspecified atom stereocenters. The van der Waals surface area contributed by atoms with Crippen molar-refractivity contribution < 1.29 is 27.7 Å². The minimum atomic E-state index is -4.60. The molecule has 6 nitrogen and oxygen atoms in total. The van der Waals surface area contributed by atoms with Gasteiger partial charge in [-0.15, -0.1) is 0 Å². The number of amides is 1. The molecule has 27 heavy (non-hydrogen) atoms. The monoisotopic (exact) mass is 400 g/mol. The van der Waals surface area contributed by atoms with Crippen molar-refractivity contribution >= 4 is 29.0 Å². The first-order valence-electron chi connectivity index (χ1n) is 7.46. The summed E-state index contributed by atoms with van der Waals surface area (Å²) in [6.45, 7) is 0. The van der Waals surface area contributed by atoms with Crippen LogP contribution in [-0.4, -0.2) is 22.1 Å². The average molecular weight is 401 g/mol. The fourth-order valence-electron chi connectivity index (χ4n) is 2.31. The lowest BCUT2D eigenvalue weighted by Crippen LogP contribution is -2.24. The van der Waals surface area contributed by atoms with Gasteiger partial charge in [0.05, 0.1) is 12.0 Å². The number of ketones is 1. The lowest BCUT2D eigenvalue weighted by Gasteiger charge is -2.13. The molecule has 1 atom stereocenters. The highest BCUT2D eigenvalue weighted by molar-refractivity contribution is 6.32. The van der Waals surface area contributed by atoms with Gasteiger partial charge in [0.2, 0.25) is 5.91 Å². The largest absolute Gasteiger partial charge is 0.416 e. The van der Waals surface area contributed by atoms with Crippen LogP contribution >= 0.6 is 11.6 Å². The molecule has 0 fully saturated rings. The molecule has 2 aromatic rings. The van der Waals surface area contributed by atoms with E-state index in [1.807, 2.05) is 0 Å². The van der Waals surface area contributed by atoms with Crippen LogP contribution in [-0.2, 0) is 17.4 Å². The number of halogens is 4. The summed E-state index contributed by atoms with van der Waals surface area (Å²) in [4.78, 5) is 33.6. The summed E-state index contributed by atoms with van der Waals surface area (Å²) in [5.74, 6) is -1.71. The molecule has 1 N–H and O–H groups in total. The summed E-state index contributed by atoms with van der Waals surface area (Å²) < 4.78 is 38.9. The van der Waals surface area contributed by atoms with Crippen LogP contribution in [0.15, 0.2) is 48.5 Å². The Kier molecular flexibility index (Phi) is 6.17. The first-order chi connectivity index (χ1) is 12.6. The second-order valence-electron chi connectivity index (χ2n) is 5.45. The molecule has 0 saturated carbocycles. The summed E-state index contributed by atoms with van der Waals surface area (Å²) in [6, 6.07) is 9.85. The van der Waals surface area contributed by atoms with Crippen LogP contribution in [0.25, 0.3) is 0 Å². The zero-order chi connectivity index (χ0) is 20.2. The summed E-state index contributed by atoms with van der Waals surface area (Å²) >= 11 is 5.38. The number of alkyl halides is 4. The quantitative estimate of drug-likeness (QED) is 0.262. The molecular weight excluding hydrogens is 389 g/mol. The summed E-state index contributed by atoms with van der Waals surface area (Å²) in [5, 5.41) is 12.9. The Hall–Kier alpha value is -2.94. The second-order valence-corrected chi connectivity index (χ2v) is 5.86. The van der Waals surface area contributed by atoms with Gasteiger partial charge in [-0.05, 0) is 35.4 Å². The van der Waals surface area contributed by atoms with E-state index in [0.717, 1.165) is 12.1 Å². The fourth-order valence-corrected chi connectivity index (χ4v) is 2.44. The number of rotatable bonds is 6. The first-order valence-corrected chi connectivity index (χ1v) is 7.90. The Morgan fingerprint density at radius 1 is 1.15 bits per heavy atom. The molecule has 0 aliphatic heterocycles. The highest BCUT2D eigenvalue weighted by Crippen LogP contribution is 2.32. The maximum absolute atomic E-state index is 13.0. The minimum absolute atomic E-state index is 0.0996. The summed E-state index contributed by atoms with van der Waals surface area (Å²) in [7, 11) is 0. The van der Waals surface area contributed by atoms with Crippen LogP contribution in [0.2, 0.25) is 0 Å². The Morgan fingerprint density at radius 2 is 1.81 bits per heavy atom. The van der Waals surface area contributed by atoms with Crippen molar-refractivity contribution in [3.8, 4) is 0 Å². The average Bonchev–Trinajstić information content (AvgIpc) is 2.60. The Bertz CT molecular complexity index is 886. The Morgan fingerprint density at radius 3 is 2.44 bits per heavy atom. The molecule has 142 valence electrons. The Balaban J connectivity index is 2.15. The van der Waals surface area contributed by atoms with Gasteiger partial charge in [0.25, 0.3) is 5.78 Å². The number of nitrogens with zero attached hydrogens (tertiary/aromatic N) is 1. The molecule has 10 heteroatoms. The lowest BCUT2D eigenvalue weighted by molar-refractivity contribution is -0.482. The molecule has 0 bridgehead atoms. The summed E-state index contributed by atoms with van der Waals surface area (Å²) in [5.41, 5.74) is -3.11. The number of carbonyl (C=O) groups excluding carboxylic acids is 2. The fraction of sp³-hybridized carbons (Fsp3) is 0.176. The van der Waals surface area contributed by atoms with Crippen molar-refractivity contribution in [2.45, 2.75) is 18.1 Å². The third-order valence-electron chi connectivity index (χ3n) is 3.51. The predicted molar refractivity (Wildman–Crippen MR) is 91.2 cm³/mol. The molecule has 0 aliphatic rings. The maximum atomic E-state index is 13.0. The number of benzene rings is 2. The van der Waals surface area contributed by atoms with E-state index in [2.05, 4.69) is 5.32 Å². The molecule has 0 heterocycles. The van der Waals surface area contributed by atoms with Crippen LogP contribution in [0.3, 0.4) is 0 Å². The van der Waals surface area contributed by atoms with E-state index in [0.29, 0.717) is 0 Å². The number of carbonyl (C=O) groups is 2. The third-order valence-corrected chi connectivity index (χ3v) is 3.86. The van der Waals surface area contributed by atoms with Gasteiger partial charge in [0.1, 0.15) is 0 Å². The van der Waals surface area contributed by atoms with Crippen LogP contribution in [0.5, 0.6) is 0 Å². The first kappa shape index (κ1) is 20.4. The van der Waals surface area contributed by atoms with Gasteiger partial charge < -0.3 is 5.32 Å². The van der Waals surface area contributed by atoms with Crippen molar-refractivity contribution in [3.63, 3.8) is 0 Å². The smallest absolute Gasteiger partial charge is 0.326 e. The molecule has 0 aliphatic carbocycles. The molecule has 2 rings (SSSR count). The molecule has 2 aromatic carbocycles. The van der Waals surface area contributed by atoms with Gasteiger partial charge in [0, 0.05) is 16.2 Å². The maximum Gasteiger partial charge on any atom is 0.416 e. The van der Waals surface area contributed by atoms with Crippen LogP contribution in [0.1, 0.15) is 21.5 Å². The van der Waals surface area contributed by atoms with E-state index in [-0.39, 0.29) is 16.8 Å². The van der Waals surface area contributed by atoms with E-state index in [9.17, 15) is 32.9 Å². The van der Waals surface area contributed by atoms with Crippen molar-refractivity contribution in [3.05, 3.63) is 75.3 Å². The highest BCUT2D eigenvalue weighted by atomic mass is 35.5. The van der Waals surface area contributed by atoms with Crippen molar-refractivity contribution in [1.82, 2.24) is 0 Å². The summed E-state index contributed by atoms with van der Waals surface area (Å²) in [6.07, 6.45) is -5.14. The van der Waals surface area contributed by atoms with E-state index in [1.54, 1.807) is 0 Å². The van der Waals surface area contributed by atoms with E-state index < -0.39 is 40.3 Å². The van der Waals surface area contributed by atoms with Gasteiger partial charge in [0.15, 0.2) is 0 Å². The van der Waals surface area contributed by atoms with E-state index in [1.165, 1.54) is 36.4 Å². The standard InChI is InChI=1S/C17H12ClF3N2O4/c18-16(23(26)27)15(25)11-5-3-6-12(8-11)22-14(24)9-10-4-1-2-7-13(10)17(19,20)21/h1-8,16H,9H2,(H,22,24). The number of Topliss-reactive ketones (excluding diaryl/α,β-unsaturated/α-hetero) is 1. The van der Waals surface area contributed by atoms with E-state index in [4.69, 9.17) is 11.6 Å². The molecule has 0 spiro atoms. The van der Waals surface area contributed by atoms with Crippen LogP contribution in [0, 0.1) is 10.1 Å². The molecule has 0 saturated heterocycles. The normalized spacial score (nSPS) is 12.3. The second kappa shape index (κ2) is 8.17. The highest BCUT2D eigenvalue weighted by Gasteiger charge is 2.33. The SMILES string of the molecule is O=C(Cc1ccccc1C(F)(F)F)Nc1cccc(C(=O)C(Cl)[N+](=O)[O-])c1. The van der Waals surface area contributed by atoms with Gasteiger partial charge in [-0.3, -0.25) is 19.7 Å². The van der Waals surface area contributed by atoms with Gasteiger partial charge >= 0.3 is 11.7 Å². The zero-order valence-electron chi connectivity index (χ0n) is 13.5. The van der Waals surface area contributed by atoms with Crippen LogP contribution < -0.4 is 5.32 Å². The van der Waals surface area contributed by atoms with E-state index >= 15 is 0 Å². The minimum Gasteiger partial charge on any atom is -0.326 e. The molecule has 0 aromatic heterocycles. The van der Waals surface area contributed by atoms with Gasteiger partial charge in [-0.2, -0.15) is 13.2 Å². The zero-order valence-corrected chi connectivity index (χ0v) is 14.3. The molecule has 0 radical (unpaired) electrons. The van der Waals surface area contributed by atoms with Gasteiger partial charge in [-0.25, -0.2) is 0 Å². The van der Waals surface area contributed by atoms with Crippen molar-refractivity contribution in [1.29, 1.82) is 0 Å². The van der Waals surface area contributed by atoms with Crippen molar-refractivity contribution in [2.75, 3.05) is 5.32 Å². The molecule has 1 amide bonds. The molecular formula is C17H12ClF3N2O4. The van der Waals surface area contributed by atoms with Crippen molar-refractivity contribution in [2.24, 2.45) is 0 Å². The topological polar surface area (TPSA) is 89.3 Å². The van der Waals surface area contributed by atoms with Crippen LogP contribution in [0.4, 0.5) is 18.9 Å².